The molecule has 0 spiro atoms. The van der Waals surface area contributed by atoms with Crippen molar-refractivity contribution in [2.45, 2.75) is 30.5 Å². The number of nitrogens with one attached hydrogen (secondary N) is 1. The summed E-state index contributed by atoms with van der Waals surface area (Å²) in [4.78, 5) is 15.3. The van der Waals surface area contributed by atoms with Gasteiger partial charge in [-0.15, -0.1) is 0 Å². The Balaban J connectivity index is 1.90. The molecule has 0 aromatic rings. The molecule has 5 atom stereocenters. The van der Waals surface area contributed by atoms with Crippen LogP contribution in [0.3, 0.4) is 0 Å². The van der Waals surface area contributed by atoms with E-state index < -0.39 is 37.1 Å². The van der Waals surface area contributed by atoms with Crippen LogP contribution in [-0.4, -0.2) is 58.1 Å². The Hall–Kier alpha value is -1.84. The van der Waals surface area contributed by atoms with Gasteiger partial charge in [-0.05, 0) is 5.53 Å². The maximum Gasteiger partial charge on any atom is 0.248 e. The number of amides is 1. The lowest BCUT2D eigenvalue weighted by atomic mass is 10.1. The lowest BCUT2D eigenvalue weighted by Crippen LogP contribution is -2.51. The molecule has 0 saturated carbocycles. The number of hydrogen-bond acceptors (Lipinski definition) is 7. The summed E-state index contributed by atoms with van der Waals surface area (Å²) in [6.07, 6.45) is -0.936. The molecule has 0 radical (unpaired) electrons. The molecule has 10 heteroatoms. The smallest absolute Gasteiger partial charge is 0.248 e. The maximum atomic E-state index is 11.2. The molecular weight excluding hydrogens is 258 g/mol. The van der Waals surface area contributed by atoms with E-state index in [0.717, 1.165) is 0 Å². The second kappa shape index (κ2) is 4.08. The van der Waals surface area contributed by atoms with E-state index in [4.69, 9.17) is 15.0 Å². The summed E-state index contributed by atoms with van der Waals surface area (Å²) >= 11 is 0. The molecule has 3 aliphatic rings. The molecule has 0 aliphatic carbocycles. The van der Waals surface area contributed by atoms with Crippen molar-refractivity contribution in [1.29, 1.82) is 0 Å². The van der Waals surface area contributed by atoms with E-state index in [1.54, 1.807) is 0 Å². The van der Waals surface area contributed by atoms with Crippen LogP contribution in [0.4, 0.5) is 0 Å². The molecule has 1 amide bonds. The first-order valence-electron chi connectivity index (χ1n) is 5.56. The number of hydrogen-bond donors (Lipinski definition) is 3. The number of fused-ring (bicyclic) bond motifs is 3. The number of aliphatic hydroxyl groups is 2. The predicted molar refractivity (Wildman–Crippen MR) is 57.6 cm³/mol. The fourth-order valence-corrected chi connectivity index (χ4v) is 2.40. The van der Waals surface area contributed by atoms with Crippen LogP contribution in [0.25, 0.3) is 10.4 Å². The van der Waals surface area contributed by atoms with Crippen molar-refractivity contribution in [2.24, 2.45) is 5.11 Å². The van der Waals surface area contributed by atoms with Crippen molar-refractivity contribution in [2.75, 3.05) is 6.61 Å². The SMILES string of the molecule is [N-]=[N+]=N[C@]1(CO)O[C@@H]2[C@@H](OC3NC(=O)C=CN32)[C@@H]1O. The molecule has 3 rings (SSSR count). The summed E-state index contributed by atoms with van der Waals surface area (Å²) in [6.45, 7) is -0.677. The highest BCUT2D eigenvalue weighted by atomic mass is 16.7. The first-order valence-corrected chi connectivity index (χ1v) is 5.56. The van der Waals surface area contributed by atoms with Crippen LogP contribution in [0.5, 0.6) is 0 Å². The van der Waals surface area contributed by atoms with Crippen molar-refractivity contribution in [3.05, 3.63) is 22.7 Å². The van der Waals surface area contributed by atoms with Crippen LogP contribution >= 0.6 is 0 Å². The quantitative estimate of drug-likeness (QED) is 0.311. The molecule has 3 aliphatic heterocycles. The van der Waals surface area contributed by atoms with Gasteiger partial charge in [0.15, 0.2) is 6.23 Å². The zero-order valence-corrected chi connectivity index (χ0v) is 9.58. The second-order valence-electron chi connectivity index (χ2n) is 4.37. The van der Waals surface area contributed by atoms with Gasteiger partial charge < -0.3 is 29.9 Å². The Morgan fingerprint density at radius 3 is 3.16 bits per heavy atom. The number of ether oxygens (including phenoxy) is 2. The molecule has 19 heavy (non-hydrogen) atoms. The van der Waals surface area contributed by atoms with Gasteiger partial charge in [0, 0.05) is 17.2 Å². The highest BCUT2D eigenvalue weighted by molar-refractivity contribution is 5.88. The predicted octanol–water partition coefficient (Wildman–Crippen LogP) is -1.67. The van der Waals surface area contributed by atoms with Gasteiger partial charge >= 0.3 is 0 Å². The van der Waals surface area contributed by atoms with E-state index in [-0.39, 0.29) is 5.91 Å². The lowest BCUT2D eigenvalue weighted by Gasteiger charge is -2.32. The summed E-state index contributed by atoms with van der Waals surface area (Å²) in [5.74, 6) is -0.320. The van der Waals surface area contributed by atoms with Gasteiger partial charge in [-0.2, -0.15) is 0 Å². The molecule has 3 N–H and O–H groups in total. The fraction of sp³-hybridized carbons (Fsp3) is 0.667. The molecule has 2 fully saturated rings. The monoisotopic (exact) mass is 269 g/mol. The second-order valence-corrected chi connectivity index (χ2v) is 4.37. The van der Waals surface area contributed by atoms with E-state index >= 15 is 0 Å². The average molecular weight is 269 g/mol. The van der Waals surface area contributed by atoms with Gasteiger partial charge in [0.2, 0.25) is 18.0 Å². The van der Waals surface area contributed by atoms with Crippen LogP contribution < -0.4 is 5.32 Å². The van der Waals surface area contributed by atoms with E-state index in [9.17, 15) is 15.0 Å². The number of aliphatic hydroxyl groups excluding tert-OH is 2. The maximum absolute atomic E-state index is 11.2. The largest absolute Gasteiger partial charge is 0.393 e. The summed E-state index contributed by atoms with van der Waals surface area (Å²) in [7, 11) is 0. The van der Waals surface area contributed by atoms with E-state index in [2.05, 4.69) is 15.3 Å². The zero-order valence-electron chi connectivity index (χ0n) is 9.58. The van der Waals surface area contributed by atoms with Gasteiger partial charge in [0.1, 0.15) is 12.2 Å². The molecule has 3 heterocycles. The van der Waals surface area contributed by atoms with Gasteiger partial charge in [-0.25, -0.2) is 0 Å². The van der Waals surface area contributed by atoms with E-state index in [1.807, 2.05) is 0 Å². The Kier molecular flexibility index (Phi) is 2.62. The topological polar surface area (TPSA) is 140 Å². The van der Waals surface area contributed by atoms with Gasteiger partial charge in [0.25, 0.3) is 0 Å². The average Bonchev–Trinajstić information content (AvgIpc) is 2.86. The normalized spacial score (nSPS) is 43.5. The van der Waals surface area contributed by atoms with Gasteiger partial charge in [-0.1, -0.05) is 5.11 Å². The van der Waals surface area contributed by atoms with Crippen molar-refractivity contribution in [1.82, 2.24) is 10.2 Å². The number of rotatable bonds is 2. The molecule has 102 valence electrons. The minimum Gasteiger partial charge on any atom is -0.393 e. The molecule has 0 aromatic carbocycles. The summed E-state index contributed by atoms with van der Waals surface area (Å²) in [6, 6.07) is 0. The lowest BCUT2D eigenvalue weighted by molar-refractivity contribution is -0.161. The van der Waals surface area contributed by atoms with Crippen molar-refractivity contribution < 1.29 is 24.5 Å². The van der Waals surface area contributed by atoms with Gasteiger partial charge in [-0.3, -0.25) is 4.79 Å². The van der Waals surface area contributed by atoms with Crippen LogP contribution in [-0.2, 0) is 14.3 Å². The molecule has 0 bridgehead atoms. The number of nitrogens with zero attached hydrogens (tertiary/aromatic N) is 4. The van der Waals surface area contributed by atoms with Crippen molar-refractivity contribution >= 4 is 5.91 Å². The third kappa shape index (κ3) is 1.59. The molecule has 10 nitrogen and oxygen atoms in total. The summed E-state index contributed by atoms with van der Waals surface area (Å²) in [5.41, 5.74) is 6.73. The standard InChI is InChI=1S/C9H11N5O5/c10-13-12-9(3-15)6(17)5-7(19-9)14-2-1-4(16)11-8(14)18-5/h1-2,5-8,15,17H,3H2,(H,11,16)/t5-,6-,7+,8?,9+/m0/s1. The van der Waals surface area contributed by atoms with E-state index in [0.29, 0.717) is 0 Å². The Morgan fingerprint density at radius 2 is 2.47 bits per heavy atom. The van der Waals surface area contributed by atoms with E-state index in [1.165, 1.54) is 17.2 Å². The molecule has 2 saturated heterocycles. The Bertz CT molecular complexity index is 491. The number of carbonyl (C=O) groups excluding carboxylic acids is 1. The molecular formula is C9H11N5O5. The first-order chi connectivity index (χ1) is 9.11. The minimum atomic E-state index is -1.77. The zero-order chi connectivity index (χ0) is 13.6. The molecule has 1 unspecified atom stereocenters. The number of carbonyl (C=O) groups is 1. The summed E-state index contributed by atoms with van der Waals surface area (Å²) in [5, 5.41) is 25.3. The third-order valence-electron chi connectivity index (χ3n) is 3.33. The highest BCUT2D eigenvalue weighted by Crippen LogP contribution is 2.41. The minimum absolute atomic E-state index is 0.320. The number of azide groups is 1. The van der Waals surface area contributed by atoms with Crippen molar-refractivity contribution in [3.8, 4) is 0 Å². The van der Waals surface area contributed by atoms with Crippen molar-refractivity contribution in [3.63, 3.8) is 0 Å². The van der Waals surface area contributed by atoms with Gasteiger partial charge in [0.05, 0.1) is 6.61 Å². The Morgan fingerprint density at radius 1 is 1.68 bits per heavy atom. The van der Waals surface area contributed by atoms with Crippen LogP contribution in [0.1, 0.15) is 0 Å². The Labute approximate surface area is 106 Å². The first kappa shape index (κ1) is 12.2. The van der Waals surface area contributed by atoms with Crippen LogP contribution in [0.2, 0.25) is 0 Å². The van der Waals surface area contributed by atoms with Crippen LogP contribution in [0, 0.1) is 0 Å². The third-order valence-corrected chi connectivity index (χ3v) is 3.33. The fourth-order valence-electron chi connectivity index (χ4n) is 2.40. The highest BCUT2D eigenvalue weighted by Gasteiger charge is 2.61. The summed E-state index contributed by atoms with van der Waals surface area (Å²) < 4.78 is 10.9. The van der Waals surface area contributed by atoms with Crippen LogP contribution in [0.15, 0.2) is 17.4 Å². The molecule has 0 aromatic heterocycles.